The molecule has 4 rings (SSSR count). The van der Waals surface area contributed by atoms with Crippen LogP contribution in [0.4, 0.5) is 11.4 Å². The molecule has 44 heavy (non-hydrogen) atoms. The number of methoxy groups -OCH3 is 1. The molecular formula is C33H41N5O4S2. The number of sulfonamides is 1. The largest absolute Gasteiger partial charge is 0.497 e. The van der Waals surface area contributed by atoms with E-state index in [2.05, 4.69) is 41.0 Å². The Morgan fingerprint density at radius 1 is 0.955 bits per heavy atom. The number of anilines is 2. The Hall–Kier alpha value is -3.83. The first-order chi connectivity index (χ1) is 21.0. The van der Waals surface area contributed by atoms with Gasteiger partial charge in [0.15, 0.2) is 11.0 Å². The zero-order valence-electron chi connectivity index (χ0n) is 26.1. The van der Waals surface area contributed by atoms with Crippen LogP contribution in [0.1, 0.15) is 57.2 Å². The molecule has 0 aliphatic rings. The van der Waals surface area contributed by atoms with Crippen molar-refractivity contribution in [2.75, 3.05) is 22.9 Å². The van der Waals surface area contributed by atoms with E-state index in [9.17, 15) is 13.2 Å². The number of carbonyl (C=O) groups excluding carboxylic acids is 1. The van der Waals surface area contributed by atoms with Gasteiger partial charge >= 0.3 is 0 Å². The highest BCUT2D eigenvalue weighted by atomic mass is 32.2. The molecule has 11 heteroatoms. The summed E-state index contributed by atoms with van der Waals surface area (Å²) >= 11 is 1.32. The molecule has 2 N–H and O–H groups in total. The summed E-state index contributed by atoms with van der Waals surface area (Å²) in [6, 6.07) is 19.3. The summed E-state index contributed by atoms with van der Waals surface area (Å²) in [5.41, 5.74) is 3.88. The number of nitrogens with one attached hydrogen (secondary N) is 2. The molecule has 0 unspecified atom stereocenters. The third-order valence-electron chi connectivity index (χ3n) is 7.33. The minimum absolute atomic E-state index is 0.0283. The summed E-state index contributed by atoms with van der Waals surface area (Å²) in [4.78, 5) is 13.1. The fourth-order valence-electron chi connectivity index (χ4n) is 4.91. The number of nitrogens with zero attached hydrogens (tertiary/aromatic N) is 3. The number of hydrogen-bond acceptors (Lipinski definition) is 7. The van der Waals surface area contributed by atoms with Crippen LogP contribution in [0.5, 0.6) is 5.75 Å². The summed E-state index contributed by atoms with van der Waals surface area (Å²) in [5, 5.41) is 12.6. The number of carbonyl (C=O) groups is 1. The van der Waals surface area contributed by atoms with E-state index in [1.54, 1.807) is 49.6 Å². The van der Waals surface area contributed by atoms with Crippen LogP contribution in [-0.2, 0) is 14.8 Å². The molecule has 1 aromatic heterocycles. The molecule has 4 aromatic rings. The second-order valence-corrected chi connectivity index (χ2v) is 13.9. The van der Waals surface area contributed by atoms with E-state index in [0.717, 1.165) is 36.1 Å². The van der Waals surface area contributed by atoms with E-state index in [0.29, 0.717) is 33.9 Å². The SMILES string of the molecule is COc1ccc(NS(=O)(=O)c2cccc(-c3nnc(SCC(=O)Nc4c(C)cccc4C)n3[C@H](C)CCCC(C)C)c2)cc1. The smallest absolute Gasteiger partial charge is 0.261 e. The van der Waals surface area contributed by atoms with Gasteiger partial charge < -0.3 is 10.1 Å². The van der Waals surface area contributed by atoms with Crippen molar-refractivity contribution in [1.82, 2.24) is 14.8 Å². The average molecular weight is 636 g/mol. The normalized spacial score (nSPS) is 12.2. The van der Waals surface area contributed by atoms with E-state index in [1.807, 2.05) is 42.7 Å². The predicted octanol–water partition coefficient (Wildman–Crippen LogP) is 7.49. The average Bonchev–Trinajstić information content (AvgIpc) is 3.42. The second kappa shape index (κ2) is 14.8. The maximum Gasteiger partial charge on any atom is 0.261 e. The Labute approximate surface area is 264 Å². The molecule has 0 radical (unpaired) electrons. The monoisotopic (exact) mass is 635 g/mol. The van der Waals surface area contributed by atoms with Crippen molar-refractivity contribution in [3.05, 3.63) is 77.9 Å². The van der Waals surface area contributed by atoms with Crippen molar-refractivity contribution in [3.8, 4) is 17.1 Å². The number of thioether (sulfide) groups is 1. The van der Waals surface area contributed by atoms with Gasteiger partial charge in [-0.3, -0.25) is 14.1 Å². The highest BCUT2D eigenvalue weighted by Gasteiger charge is 2.22. The molecule has 1 amide bonds. The van der Waals surface area contributed by atoms with Gasteiger partial charge in [-0.05, 0) is 80.6 Å². The first-order valence-corrected chi connectivity index (χ1v) is 17.2. The third kappa shape index (κ3) is 8.41. The van der Waals surface area contributed by atoms with Crippen molar-refractivity contribution in [3.63, 3.8) is 0 Å². The lowest BCUT2D eigenvalue weighted by molar-refractivity contribution is -0.113. The van der Waals surface area contributed by atoms with Gasteiger partial charge in [-0.15, -0.1) is 10.2 Å². The van der Waals surface area contributed by atoms with Crippen LogP contribution < -0.4 is 14.8 Å². The van der Waals surface area contributed by atoms with E-state index in [-0.39, 0.29) is 22.6 Å². The van der Waals surface area contributed by atoms with E-state index >= 15 is 0 Å². The van der Waals surface area contributed by atoms with Gasteiger partial charge in [-0.25, -0.2) is 8.42 Å². The molecule has 0 saturated carbocycles. The van der Waals surface area contributed by atoms with Crippen molar-refractivity contribution < 1.29 is 17.9 Å². The quantitative estimate of drug-likeness (QED) is 0.138. The maximum absolute atomic E-state index is 13.3. The molecule has 3 aromatic carbocycles. The van der Waals surface area contributed by atoms with Gasteiger partial charge in [0.1, 0.15) is 5.75 Å². The van der Waals surface area contributed by atoms with E-state index < -0.39 is 10.0 Å². The maximum atomic E-state index is 13.3. The fraction of sp³-hybridized carbons (Fsp3) is 0.364. The third-order valence-corrected chi connectivity index (χ3v) is 9.65. The predicted molar refractivity (Wildman–Crippen MR) is 178 cm³/mol. The molecule has 1 heterocycles. The van der Waals surface area contributed by atoms with Crippen LogP contribution in [0.3, 0.4) is 0 Å². The van der Waals surface area contributed by atoms with Gasteiger partial charge in [0.05, 0.1) is 17.8 Å². The number of para-hydroxylation sites is 1. The lowest BCUT2D eigenvalue weighted by atomic mass is 10.0. The van der Waals surface area contributed by atoms with Crippen LogP contribution in [0.2, 0.25) is 0 Å². The first-order valence-electron chi connectivity index (χ1n) is 14.7. The van der Waals surface area contributed by atoms with Crippen molar-refractivity contribution in [1.29, 1.82) is 0 Å². The van der Waals surface area contributed by atoms with Crippen molar-refractivity contribution >= 4 is 39.1 Å². The summed E-state index contributed by atoms with van der Waals surface area (Å²) in [6.07, 6.45) is 3.00. The zero-order chi connectivity index (χ0) is 31.9. The van der Waals surface area contributed by atoms with Gasteiger partial charge in [-0.2, -0.15) is 0 Å². The summed E-state index contributed by atoms with van der Waals surface area (Å²) < 4.78 is 36.4. The van der Waals surface area contributed by atoms with Gasteiger partial charge in [0.25, 0.3) is 10.0 Å². The Balaban J connectivity index is 1.60. The van der Waals surface area contributed by atoms with Gasteiger partial charge in [0, 0.05) is 23.0 Å². The number of aromatic nitrogens is 3. The second-order valence-electron chi connectivity index (χ2n) is 11.3. The molecule has 0 aliphatic heterocycles. The lowest BCUT2D eigenvalue weighted by Gasteiger charge is -2.19. The molecule has 0 bridgehead atoms. The molecule has 9 nitrogen and oxygen atoms in total. The fourth-order valence-corrected chi connectivity index (χ4v) is 6.85. The molecule has 0 fully saturated rings. The van der Waals surface area contributed by atoms with Crippen molar-refractivity contribution in [2.24, 2.45) is 5.92 Å². The number of ether oxygens (including phenoxy) is 1. The van der Waals surface area contributed by atoms with Crippen LogP contribution in [-0.4, -0.2) is 42.0 Å². The van der Waals surface area contributed by atoms with E-state index in [1.165, 1.54) is 11.8 Å². The van der Waals surface area contributed by atoms with Crippen LogP contribution >= 0.6 is 11.8 Å². The van der Waals surface area contributed by atoms with E-state index in [4.69, 9.17) is 4.74 Å². The van der Waals surface area contributed by atoms with Crippen LogP contribution in [0.25, 0.3) is 11.4 Å². The number of hydrogen-bond donors (Lipinski definition) is 2. The molecule has 0 aliphatic carbocycles. The standard InChI is InChI=1S/C33H41N5O4S2/c1-22(2)10-7-13-25(5)38-32(35-36-33(38)43-21-30(39)34-31-23(3)11-8-12-24(31)4)26-14-9-15-29(20-26)44(40,41)37-27-16-18-28(42-6)19-17-27/h8-9,11-12,14-20,22,25,37H,7,10,13,21H2,1-6H3,(H,34,39)/t25-/m1/s1. The highest BCUT2D eigenvalue weighted by molar-refractivity contribution is 7.99. The van der Waals surface area contributed by atoms with Crippen LogP contribution in [0, 0.1) is 19.8 Å². The minimum atomic E-state index is -3.88. The minimum Gasteiger partial charge on any atom is -0.497 e. The molecule has 0 spiro atoms. The topological polar surface area (TPSA) is 115 Å². The first kappa shape index (κ1) is 33.1. The van der Waals surface area contributed by atoms with Gasteiger partial charge in [-0.1, -0.05) is 68.8 Å². The lowest BCUT2D eigenvalue weighted by Crippen LogP contribution is -2.17. The Morgan fingerprint density at radius 3 is 2.30 bits per heavy atom. The van der Waals surface area contributed by atoms with Crippen LogP contribution in [0.15, 0.2) is 76.8 Å². The number of aryl methyl sites for hydroxylation is 2. The summed E-state index contributed by atoms with van der Waals surface area (Å²) in [5.74, 6) is 1.80. The molecular weight excluding hydrogens is 595 g/mol. The molecule has 0 saturated heterocycles. The van der Waals surface area contributed by atoms with Gasteiger partial charge in [0.2, 0.25) is 5.91 Å². The zero-order valence-corrected chi connectivity index (χ0v) is 27.8. The Morgan fingerprint density at radius 2 is 1.64 bits per heavy atom. The number of benzene rings is 3. The summed E-state index contributed by atoms with van der Waals surface area (Å²) in [6.45, 7) is 10.5. The number of rotatable bonds is 14. The summed E-state index contributed by atoms with van der Waals surface area (Å²) in [7, 11) is -2.32. The van der Waals surface area contributed by atoms with Crippen molar-refractivity contribution in [2.45, 2.75) is 70.0 Å². The molecule has 234 valence electrons. The molecule has 1 atom stereocenters. The highest BCUT2D eigenvalue weighted by Crippen LogP contribution is 2.32. The Kier molecular flexibility index (Phi) is 11.1. The number of amides is 1. The Bertz CT molecular complexity index is 1660.